The van der Waals surface area contributed by atoms with Crippen molar-refractivity contribution in [3.63, 3.8) is 0 Å². The van der Waals surface area contributed by atoms with Crippen LogP contribution in [0.25, 0.3) is 0 Å². The summed E-state index contributed by atoms with van der Waals surface area (Å²) in [6, 6.07) is 6.40. The lowest BCUT2D eigenvalue weighted by Gasteiger charge is -2.23. The highest BCUT2D eigenvalue weighted by Gasteiger charge is 2.13. The Morgan fingerprint density at radius 2 is 1.94 bits per heavy atom. The molecule has 1 aromatic rings. The van der Waals surface area contributed by atoms with E-state index in [-0.39, 0.29) is 5.54 Å². The molecule has 1 N–H and O–H groups in total. The van der Waals surface area contributed by atoms with Crippen LogP contribution in [0.4, 0.5) is 0 Å². The fraction of sp³-hybridized carbons (Fsp3) is 0.625. The highest BCUT2D eigenvalue weighted by molar-refractivity contribution is 5.39. The third-order valence-corrected chi connectivity index (χ3v) is 3.15. The second-order valence-corrected chi connectivity index (χ2v) is 6.11. The first-order chi connectivity index (χ1) is 8.33. The smallest absolute Gasteiger partial charge is 0.122 e. The molecule has 0 bridgehead atoms. The fourth-order valence-electron chi connectivity index (χ4n) is 2.06. The Morgan fingerprint density at radius 3 is 2.50 bits per heavy atom. The standard InChI is InChI=1S/C16H27NO/c1-12-7-8-15(18-6)14(11-12)13(2)9-10-17-16(3,4)5/h7-8,11,13,17H,9-10H2,1-6H3. The molecular weight excluding hydrogens is 222 g/mol. The van der Waals surface area contributed by atoms with Crippen molar-refractivity contribution in [2.45, 2.75) is 52.5 Å². The van der Waals surface area contributed by atoms with Crippen molar-refractivity contribution in [2.75, 3.05) is 13.7 Å². The van der Waals surface area contributed by atoms with Gasteiger partial charge in [0.2, 0.25) is 0 Å². The van der Waals surface area contributed by atoms with E-state index in [2.05, 4.69) is 58.1 Å². The Hall–Kier alpha value is -1.02. The van der Waals surface area contributed by atoms with E-state index in [0.717, 1.165) is 18.7 Å². The van der Waals surface area contributed by atoms with Gasteiger partial charge in [0, 0.05) is 5.54 Å². The van der Waals surface area contributed by atoms with Crippen LogP contribution in [0.1, 0.15) is 51.2 Å². The zero-order chi connectivity index (χ0) is 13.8. The molecule has 0 aliphatic carbocycles. The molecule has 2 nitrogen and oxygen atoms in total. The van der Waals surface area contributed by atoms with Gasteiger partial charge in [-0.2, -0.15) is 0 Å². The fourth-order valence-corrected chi connectivity index (χ4v) is 2.06. The Bertz CT molecular complexity index is 379. The van der Waals surface area contributed by atoms with E-state index in [4.69, 9.17) is 4.74 Å². The maximum atomic E-state index is 5.45. The van der Waals surface area contributed by atoms with Gasteiger partial charge in [-0.1, -0.05) is 24.6 Å². The van der Waals surface area contributed by atoms with E-state index in [1.165, 1.54) is 11.1 Å². The molecule has 0 fully saturated rings. The quantitative estimate of drug-likeness (QED) is 0.855. The molecule has 0 aliphatic heterocycles. The number of rotatable bonds is 5. The van der Waals surface area contributed by atoms with Gasteiger partial charge in [0.05, 0.1) is 7.11 Å². The third kappa shape index (κ3) is 4.69. The molecule has 18 heavy (non-hydrogen) atoms. The molecule has 1 unspecified atom stereocenters. The summed E-state index contributed by atoms with van der Waals surface area (Å²) in [5, 5.41) is 3.53. The first kappa shape index (κ1) is 15.0. The van der Waals surface area contributed by atoms with Crippen molar-refractivity contribution >= 4 is 0 Å². The lowest BCUT2D eigenvalue weighted by Crippen LogP contribution is -2.36. The minimum atomic E-state index is 0.191. The molecule has 0 radical (unpaired) electrons. The van der Waals surface area contributed by atoms with Gasteiger partial charge in [-0.05, 0) is 58.2 Å². The number of hydrogen-bond acceptors (Lipinski definition) is 2. The lowest BCUT2D eigenvalue weighted by atomic mass is 9.95. The Balaban J connectivity index is 2.66. The van der Waals surface area contributed by atoms with Crippen molar-refractivity contribution in [3.8, 4) is 5.75 Å². The molecule has 0 aromatic heterocycles. The van der Waals surface area contributed by atoms with Gasteiger partial charge >= 0.3 is 0 Å². The number of methoxy groups -OCH3 is 1. The molecule has 0 saturated heterocycles. The second-order valence-electron chi connectivity index (χ2n) is 6.11. The van der Waals surface area contributed by atoms with Crippen LogP contribution < -0.4 is 10.1 Å². The zero-order valence-corrected chi connectivity index (χ0v) is 12.6. The van der Waals surface area contributed by atoms with E-state index < -0.39 is 0 Å². The van der Waals surface area contributed by atoms with Crippen LogP contribution in [0, 0.1) is 6.92 Å². The summed E-state index contributed by atoms with van der Waals surface area (Å²) in [6.07, 6.45) is 1.12. The third-order valence-electron chi connectivity index (χ3n) is 3.15. The maximum absolute atomic E-state index is 5.45. The van der Waals surface area contributed by atoms with Crippen LogP contribution in [0.2, 0.25) is 0 Å². The first-order valence-corrected chi connectivity index (χ1v) is 6.73. The van der Waals surface area contributed by atoms with Crippen molar-refractivity contribution in [3.05, 3.63) is 29.3 Å². The van der Waals surface area contributed by atoms with E-state index >= 15 is 0 Å². The minimum absolute atomic E-state index is 0.191. The van der Waals surface area contributed by atoms with E-state index in [0.29, 0.717) is 5.92 Å². The molecule has 1 aromatic carbocycles. The van der Waals surface area contributed by atoms with Gasteiger partial charge in [-0.25, -0.2) is 0 Å². The van der Waals surface area contributed by atoms with Gasteiger partial charge < -0.3 is 10.1 Å². The molecule has 1 atom stereocenters. The van der Waals surface area contributed by atoms with Crippen LogP contribution >= 0.6 is 0 Å². The number of aryl methyl sites for hydroxylation is 1. The Kier molecular flexibility index (Phi) is 5.21. The predicted molar refractivity (Wildman–Crippen MR) is 78.5 cm³/mol. The van der Waals surface area contributed by atoms with Crippen molar-refractivity contribution in [1.82, 2.24) is 5.32 Å². The van der Waals surface area contributed by atoms with Gasteiger partial charge in [-0.3, -0.25) is 0 Å². The summed E-state index contributed by atoms with van der Waals surface area (Å²) >= 11 is 0. The molecule has 1 rings (SSSR count). The maximum Gasteiger partial charge on any atom is 0.122 e. The van der Waals surface area contributed by atoms with Crippen LogP contribution in [0.3, 0.4) is 0 Å². The summed E-state index contributed by atoms with van der Waals surface area (Å²) in [7, 11) is 1.74. The molecular formula is C16H27NO. The predicted octanol–water partition coefficient (Wildman–Crippen LogP) is 3.89. The van der Waals surface area contributed by atoms with Crippen LogP contribution in [0.5, 0.6) is 5.75 Å². The molecule has 0 spiro atoms. The van der Waals surface area contributed by atoms with E-state index in [1.54, 1.807) is 7.11 Å². The number of nitrogens with one attached hydrogen (secondary N) is 1. The normalized spacial score (nSPS) is 13.4. The zero-order valence-electron chi connectivity index (χ0n) is 12.6. The Morgan fingerprint density at radius 1 is 1.28 bits per heavy atom. The highest BCUT2D eigenvalue weighted by atomic mass is 16.5. The van der Waals surface area contributed by atoms with Crippen molar-refractivity contribution in [1.29, 1.82) is 0 Å². The van der Waals surface area contributed by atoms with Crippen molar-refractivity contribution < 1.29 is 4.74 Å². The van der Waals surface area contributed by atoms with Gasteiger partial charge in [0.15, 0.2) is 0 Å². The molecule has 2 heteroatoms. The number of ether oxygens (including phenoxy) is 1. The average molecular weight is 249 g/mol. The van der Waals surface area contributed by atoms with Crippen LogP contribution in [-0.4, -0.2) is 19.2 Å². The molecule has 0 saturated carbocycles. The molecule has 0 heterocycles. The minimum Gasteiger partial charge on any atom is -0.496 e. The highest BCUT2D eigenvalue weighted by Crippen LogP contribution is 2.29. The largest absolute Gasteiger partial charge is 0.496 e. The van der Waals surface area contributed by atoms with Crippen LogP contribution in [-0.2, 0) is 0 Å². The van der Waals surface area contributed by atoms with Gasteiger partial charge in [0.1, 0.15) is 5.75 Å². The Labute approximate surface area is 112 Å². The molecule has 0 amide bonds. The van der Waals surface area contributed by atoms with Gasteiger partial charge in [0.25, 0.3) is 0 Å². The molecule has 0 aliphatic rings. The summed E-state index contributed by atoms with van der Waals surface area (Å²) in [6.45, 7) is 12.0. The van der Waals surface area contributed by atoms with Crippen molar-refractivity contribution in [2.24, 2.45) is 0 Å². The van der Waals surface area contributed by atoms with Crippen LogP contribution in [0.15, 0.2) is 18.2 Å². The summed E-state index contributed by atoms with van der Waals surface area (Å²) < 4.78 is 5.45. The van der Waals surface area contributed by atoms with E-state index in [9.17, 15) is 0 Å². The molecule has 102 valence electrons. The summed E-state index contributed by atoms with van der Waals surface area (Å²) in [5.74, 6) is 1.51. The second kappa shape index (κ2) is 6.24. The summed E-state index contributed by atoms with van der Waals surface area (Å²) in [4.78, 5) is 0. The number of benzene rings is 1. The first-order valence-electron chi connectivity index (χ1n) is 6.73. The monoisotopic (exact) mass is 249 g/mol. The summed E-state index contributed by atoms with van der Waals surface area (Å²) in [5.41, 5.74) is 2.80. The SMILES string of the molecule is COc1ccc(C)cc1C(C)CCNC(C)(C)C. The number of hydrogen-bond donors (Lipinski definition) is 1. The van der Waals surface area contributed by atoms with E-state index in [1.807, 2.05) is 0 Å². The van der Waals surface area contributed by atoms with Gasteiger partial charge in [-0.15, -0.1) is 0 Å². The topological polar surface area (TPSA) is 21.3 Å². The average Bonchev–Trinajstić information content (AvgIpc) is 2.27. The lowest BCUT2D eigenvalue weighted by molar-refractivity contribution is 0.395.